The Kier molecular flexibility index (Phi) is 6.47. The normalized spacial score (nSPS) is 17.2. The third-order valence-electron chi connectivity index (χ3n) is 5.05. The van der Waals surface area contributed by atoms with E-state index >= 15 is 0 Å². The lowest BCUT2D eigenvalue weighted by molar-refractivity contribution is 0.159. The molecule has 2 aromatic rings. The van der Waals surface area contributed by atoms with Gasteiger partial charge in [0.1, 0.15) is 5.82 Å². The first kappa shape index (κ1) is 19.4. The number of benzene rings is 1. The Labute approximate surface area is 160 Å². The Morgan fingerprint density at radius 3 is 2.85 bits per heavy atom. The Morgan fingerprint density at radius 1 is 1.33 bits per heavy atom. The molecule has 1 atom stereocenters. The van der Waals surface area contributed by atoms with Crippen molar-refractivity contribution in [3.05, 3.63) is 36.0 Å². The monoisotopic (exact) mass is 371 g/mol. The van der Waals surface area contributed by atoms with Crippen molar-refractivity contribution in [1.82, 2.24) is 20.0 Å². The van der Waals surface area contributed by atoms with Crippen LogP contribution in [0.4, 0.5) is 10.6 Å². The Bertz CT molecular complexity index is 759. The lowest BCUT2D eigenvalue weighted by atomic mass is 10.1. The van der Waals surface area contributed by atoms with Crippen molar-refractivity contribution in [2.24, 2.45) is 13.0 Å². The summed E-state index contributed by atoms with van der Waals surface area (Å²) < 4.78 is 6.86. The summed E-state index contributed by atoms with van der Waals surface area (Å²) in [7, 11) is 3.57. The fraction of sp³-hybridized carbons (Fsp3) is 0.500. The maximum absolute atomic E-state index is 12.5. The van der Waals surface area contributed by atoms with Gasteiger partial charge in [0.05, 0.1) is 12.3 Å². The largest absolute Gasteiger partial charge is 0.383 e. The van der Waals surface area contributed by atoms with Crippen molar-refractivity contribution in [2.45, 2.75) is 13.3 Å². The van der Waals surface area contributed by atoms with E-state index in [4.69, 9.17) is 4.74 Å². The smallest absolute Gasteiger partial charge is 0.320 e. The number of likely N-dealkylation sites (tertiary alicyclic amines) is 1. The van der Waals surface area contributed by atoms with Gasteiger partial charge in [0.15, 0.2) is 0 Å². The molecule has 0 aliphatic carbocycles. The number of aromatic nitrogens is 2. The van der Waals surface area contributed by atoms with Gasteiger partial charge in [-0.3, -0.25) is 10.00 Å². The molecule has 1 aliphatic rings. The van der Waals surface area contributed by atoms with E-state index in [1.54, 1.807) is 11.8 Å². The molecule has 2 amide bonds. The van der Waals surface area contributed by atoms with Gasteiger partial charge in [0, 0.05) is 39.4 Å². The number of urea groups is 1. The molecule has 0 radical (unpaired) electrons. The van der Waals surface area contributed by atoms with Crippen molar-refractivity contribution >= 4 is 11.8 Å². The van der Waals surface area contributed by atoms with E-state index in [0.717, 1.165) is 49.5 Å². The van der Waals surface area contributed by atoms with Crippen LogP contribution in [-0.4, -0.2) is 60.6 Å². The molecule has 0 spiro atoms. The van der Waals surface area contributed by atoms with Crippen LogP contribution in [0.1, 0.15) is 12.1 Å². The second-order valence-electron chi connectivity index (χ2n) is 7.08. The first-order valence-corrected chi connectivity index (χ1v) is 9.43. The Hall–Kier alpha value is -2.38. The molecule has 1 aliphatic heterocycles. The SMILES string of the molecule is COCCN1CC[C@@H](CNC(=O)Nc2c(-c3ccccc3)c(C)nn2C)C1. The van der Waals surface area contributed by atoms with Crippen molar-refractivity contribution in [3.8, 4) is 11.1 Å². The number of rotatable bonds is 7. The minimum atomic E-state index is -0.189. The van der Waals surface area contributed by atoms with Crippen molar-refractivity contribution in [3.63, 3.8) is 0 Å². The van der Waals surface area contributed by atoms with E-state index in [2.05, 4.69) is 20.6 Å². The van der Waals surface area contributed by atoms with E-state index in [-0.39, 0.29) is 6.03 Å². The molecule has 1 aromatic heterocycles. The zero-order valence-electron chi connectivity index (χ0n) is 16.4. The van der Waals surface area contributed by atoms with Crippen LogP contribution in [-0.2, 0) is 11.8 Å². The van der Waals surface area contributed by atoms with Gasteiger partial charge in [-0.2, -0.15) is 5.10 Å². The van der Waals surface area contributed by atoms with Crippen LogP contribution >= 0.6 is 0 Å². The average Bonchev–Trinajstić information content (AvgIpc) is 3.23. The molecule has 7 nitrogen and oxygen atoms in total. The van der Waals surface area contributed by atoms with Gasteiger partial charge in [-0.05, 0) is 31.4 Å². The van der Waals surface area contributed by atoms with Gasteiger partial charge >= 0.3 is 6.03 Å². The predicted molar refractivity (Wildman–Crippen MR) is 107 cm³/mol. The van der Waals surface area contributed by atoms with E-state index in [0.29, 0.717) is 18.3 Å². The molecule has 3 rings (SSSR count). The highest BCUT2D eigenvalue weighted by Crippen LogP contribution is 2.30. The summed E-state index contributed by atoms with van der Waals surface area (Å²) >= 11 is 0. The zero-order chi connectivity index (χ0) is 19.2. The molecular formula is C20H29N5O2. The van der Waals surface area contributed by atoms with Gasteiger partial charge in [-0.25, -0.2) is 4.79 Å². The summed E-state index contributed by atoms with van der Waals surface area (Å²) in [5.41, 5.74) is 2.89. The molecule has 2 N–H and O–H groups in total. The average molecular weight is 371 g/mol. The van der Waals surface area contributed by atoms with Crippen LogP contribution in [0.15, 0.2) is 30.3 Å². The molecule has 27 heavy (non-hydrogen) atoms. The van der Waals surface area contributed by atoms with E-state index in [9.17, 15) is 4.79 Å². The quantitative estimate of drug-likeness (QED) is 0.784. The number of nitrogens with one attached hydrogen (secondary N) is 2. The summed E-state index contributed by atoms with van der Waals surface area (Å²) in [5, 5.41) is 10.5. The number of methoxy groups -OCH3 is 1. The van der Waals surface area contributed by atoms with Crippen LogP contribution in [0.3, 0.4) is 0 Å². The lowest BCUT2D eigenvalue weighted by Gasteiger charge is -2.16. The molecular weight excluding hydrogens is 342 g/mol. The second-order valence-corrected chi connectivity index (χ2v) is 7.08. The second kappa shape index (κ2) is 9.01. The van der Waals surface area contributed by atoms with Crippen molar-refractivity contribution in [2.75, 3.05) is 45.2 Å². The summed E-state index contributed by atoms with van der Waals surface area (Å²) in [6, 6.07) is 9.82. The molecule has 0 bridgehead atoms. The first-order chi connectivity index (χ1) is 13.1. The van der Waals surface area contributed by atoms with E-state index < -0.39 is 0 Å². The van der Waals surface area contributed by atoms with E-state index in [1.807, 2.05) is 44.3 Å². The summed E-state index contributed by atoms with van der Waals surface area (Å²) in [4.78, 5) is 14.9. The third-order valence-corrected chi connectivity index (χ3v) is 5.05. The van der Waals surface area contributed by atoms with Gasteiger partial charge in [0.25, 0.3) is 0 Å². The molecule has 0 unspecified atom stereocenters. The highest BCUT2D eigenvalue weighted by Gasteiger charge is 2.23. The number of aryl methyl sites for hydroxylation is 2. The van der Waals surface area contributed by atoms with Gasteiger partial charge < -0.3 is 15.0 Å². The summed E-state index contributed by atoms with van der Waals surface area (Å²) in [6.45, 7) is 6.40. The molecule has 7 heteroatoms. The van der Waals surface area contributed by atoms with Gasteiger partial charge in [0.2, 0.25) is 0 Å². The number of nitrogens with zero attached hydrogens (tertiary/aromatic N) is 3. The molecule has 1 fully saturated rings. The summed E-state index contributed by atoms with van der Waals surface area (Å²) in [6.07, 6.45) is 1.10. The van der Waals surface area contributed by atoms with Crippen LogP contribution in [0.5, 0.6) is 0 Å². The number of hydrogen-bond donors (Lipinski definition) is 2. The zero-order valence-corrected chi connectivity index (χ0v) is 16.4. The maximum atomic E-state index is 12.5. The Balaban J connectivity index is 1.58. The van der Waals surface area contributed by atoms with E-state index in [1.165, 1.54) is 0 Å². The lowest BCUT2D eigenvalue weighted by Crippen LogP contribution is -2.35. The van der Waals surface area contributed by atoms with Crippen LogP contribution in [0.2, 0.25) is 0 Å². The number of hydrogen-bond acceptors (Lipinski definition) is 4. The topological polar surface area (TPSA) is 71.4 Å². The minimum absolute atomic E-state index is 0.189. The van der Waals surface area contributed by atoms with Crippen molar-refractivity contribution in [1.29, 1.82) is 0 Å². The number of carbonyl (C=O) groups excluding carboxylic acids is 1. The summed E-state index contributed by atoms with van der Waals surface area (Å²) in [5.74, 6) is 1.19. The fourth-order valence-corrected chi connectivity index (χ4v) is 3.64. The van der Waals surface area contributed by atoms with Crippen LogP contribution < -0.4 is 10.6 Å². The highest BCUT2D eigenvalue weighted by atomic mass is 16.5. The number of anilines is 1. The minimum Gasteiger partial charge on any atom is -0.383 e. The number of amides is 2. The van der Waals surface area contributed by atoms with Gasteiger partial charge in [-0.15, -0.1) is 0 Å². The van der Waals surface area contributed by atoms with Gasteiger partial charge in [-0.1, -0.05) is 30.3 Å². The molecule has 0 saturated carbocycles. The third kappa shape index (κ3) is 4.87. The number of ether oxygens (including phenoxy) is 1. The standard InChI is InChI=1S/C20H29N5O2/c1-15-18(17-7-5-4-6-8-17)19(24(2)23-15)22-20(26)21-13-16-9-10-25(14-16)11-12-27-3/h4-8,16H,9-14H2,1-3H3,(H2,21,22,26)/t16-/m0/s1. The molecule has 1 aromatic carbocycles. The molecule has 1 saturated heterocycles. The fourth-order valence-electron chi connectivity index (χ4n) is 3.64. The number of carbonyl (C=O) groups is 1. The van der Waals surface area contributed by atoms with Crippen molar-refractivity contribution < 1.29 is 9.53 Å². The first-order valence-electron chi connectivity index (χ1n) is 9.43. The molecule has 2 heterocycles. The Morgan fingerprint density at radius 2 is 2.11 bits per heavy atom. The van der Waals surface area contributed by atoms with Crippen LogP contribution in [0.25, 0.3) is 11.1 Å². The van der Waals surface area contributed by atoms with Crippen LogP contribution in [0, 0.1) is 12.8 Å². The predicted octanol–water partition coefficient (Wildman–Crippen LogP) is 2.49. The maximum Gasteiger partial charge on any atom is 0.320 e. The molecule has 146 valence electrons. The highest BCUT2D eigenvalue weighted by molar-refractivity contribution is 5.93.